The molecule has 2 aromatic carbocycles. The molecule has 8 N–H and O–H groups in total. The van der Waals surface area contributed by atoms with Gasteiger partial charge in [0.15, 0.2) is 0 Å². The molecule has 0 saturated heterocycles. The molecule has 0 aliphatic rings. The number of hydrogen-bond donors (Lipinski definition) is 4. The third-order valence-corrected chi connectivity index (χ3v) is 3.17. The van der Waals surface area contributed by atoms with E-state index in [4.69, 9.17) is 22.9 Å². The third-order valence-electron chi connectivity index (χ3n) is 3.17. The Kier molecular flexibility index (Phi) is 3.80. The Morgan fingerprint density at radius 3 is 1.48 bits per heavy atom. The summed E-state index contributed by atoms with van der Waals surface area (Å²) in [6.07, 6.45) is 0.501. The second-order valence-electron chi connectivity index (χ2n) is 4.75. The lowest BCUT2D eigenvalue weighted by Crippen LogP contribution is -2.14. The number of rotatable bonds is 4. The minimum Gasteiger partial charge on any atom is -0.398 e. The number of hydrogen-bond acceptors (Lipinski definition) is 4. The summed E-state index contributed by atoms with van der Waals surface area (Å²) in [4.78, 5) is 22.6. The van der Waals surface area contributed by atoms with Gasteiger partial charge >= 0.3 is 0 Å². The number of amides is 2. The second-order valence-corrected chi connectivity index (χ2v) is 4.75. The van der Waals surface area contributed by atoms with Crippen LogP contribution in [0.3, 0.4) is 0 Å². The second kappa shape index (κ2) is 5.54. The molecule has 6 heteroatoms. The summed E-state index contributed by atoms with van der Waals surface area (Å²) >= 11 is 0. The van der Waals surface area contributed by atoms with Gasteiger partial charge in [0.1, 0.15) is 0 Å². The molecule has 0 bridgehead atoms. The summed E-state index contributed by atoms with van der Waals surface area (Å²) in [6.45, 7) is 0. The molecule has 108 valence electrons. The summed E-state index contributed by atoms with van der Waals surface area (Å²) < 4.78 is 0. The minimum absolute atomic E-state index is 0.276. The van der Waals surface area contributed by atoms with Crippen molar-refractivity contribution in [2.24, 2.45) is 11.5 Å². The Morgan fingerprint density at radius 1 is 0.762 bits per heavy atom. The molecular formula is C15H16N4O2. The van der Waals surface area contributed by atoms with Crippen molar-refractivity contribution in [3.05, 3.63) is 58.7 Å². The van der Waals surface area contributed by atoms with Crippen LogP contribution in [0.1, 0.15) is 31.8 Å². The standard InChI is InChI=1S/C15H16N4O2/c16-12-3-1-8(6-10(12)14(18)20)5-9-2-4-13(17)11(7-9)15(19)21/h1-4,6-7H,5,16-17H2,(H2,18,20)(H2,19,21). The molecule has 0 radical (unpaired) electrons. The van der Waals surface area contributed by atoms with Crippen LogP contribution in [-0.4, -0.2) is 11.8 Å². The smallest absolute Gasteiger partial charge is 0.250 e. The SMILES string of the molecule is NC(=O)c1cc(Cc2ccc(N)c(C(N)=O)c2)ccc1N. The van der Waals surface area contributed by atoms with Crippen molar-refractivity contribution < 1.29 is 9.59 Å². The maximum atomic E-state index is 11.3. The lowest BCUT2D eigenvalue weighted by atomic mass is 9.99. The molecule has 2 aromatic rings. The summed E-state index contributed by atoms with van der Waals surface area (Å²) in [5.41, 5.74) is 24.8. The fraction of sp³-hybridized carbons (Fsp3) is 0.0667. The van der Waals surface area contributed by atoms with Gasteiger partial charge in [-0.05, 0) is 41.8 Å². The van der Waals surface area contributed by atoms with Crippen LogP contribution in [-0.2, 0) is 6.42 Å². The first-order valence-corrected chi connectivity index (χ1v) is 6.25. The van der Waals surface area contributed by atoms with Crippen molar-refractivity contribution in [1.82, 2.24) is 0 Å². The molecule has 2 rings (SSSR count). The molecule has 0 saturated carbocycles. The van der Waals surface area contributed by atoms with Crippen molar-refractivity contribution in [2.45, 2.75) is 6.42 Å². The summed E-state index contributed by atoms with van der Waals surface area (Å²) in [6, 6.07) is 10.1. The van der Waals surface area contributed by atoms with Crippen LogP contribution in [0, 0.1) is 0 Å². The van der Waals surface area contributed by atoms with Crippen LogP contribution in [0.15, 0.2) is 36.4 Å². The van der Waals surface area contributed by atoms with Crippen LogP contribution in [0.2, 0.25) is 0 Å². The Balaban J connectivity index is 2.34. The van der Waals surface area contributed by atoms with Gasteiger partial charge < -0.3 is 22.9 Å². The Morgan fingerprint density at radius 2 is 1.14 bits per heavy atom. The highest BCUT2D eigenvalue weighted by atomic mass is 16.1. The fourth-order valence-electron chi connectivity index (χ4n) is 2.09. The zero-order valence-corrected chi connectivity index (χ0v) is 11.3. The molecule has 0 aromatic heterocycles. The van der Waals surface area contributed by atoms with Gasteiger partial charge in [-0.3, -0.25) is 9.59 Å². The van der Waals surface area contributed by atoms with Gasteiger partial charge in [0, 0.05) is 11.4 Å². The minimum atomic E-state index is -0.579. The number of nitrogen functional groups attached to an aromatic ring is 2. The first kappa shape index (κ1) is 14.4. The van der Waals surface area contributed by atoms with E-state index < -0.39 is 11.8 Å². The monoisotopic (exact) mass is 284 g/mol. The number of benzene rings is 2. The van der Waals surface area contributed by atoms with E-state index in [1.54, 1.807) is 36.4 Å². The van der Waals surface area contributed by atoms with Gasteiger partial charge in [0.2, 0.25) is 0 Å². The van der Waals surface area contributed by atoms with E-state index in [9.17, 15) is 9.59 Å². The van der Waals surface area contributed by atoms with Crippen LogP contribution in [0.4, 0.5) is 11.4 Å². The van der Waals surface area contributed by atoms with Crippen LogP contribution >= 0.6 is 0 Å². The number of nitrogens with two attached hydrogens (primary N) is 4. The zero-order valence-electron chi connectivity index (χ0n) is 11.3. The summed E-state index contributed by atoms with van der Waals surface area (Å²) in [5.74, 6) is -1.16. The summed E-state index contributed by atoms with van der Waals surface area (Å²) in [5, 5.41) is 0. The predicted octanol–water partition coefficient (Wildman–Crippen LogP) is 0.640. The molecule has 0 aliphatic heterocycles. The Bertz CT molecular complexity index is 664. The van der Waals surface area contributed by atoms with Crippen molar-refractivity contribution >= 4 is 23.2 Å². The molecule has 0 atom stereocenters. The molecule has 0 spiro atoms. The van der Waals surface area contributed by atoms with E-state index in [1.807, 2.05) is 0 Å². The maximum Gasteiger partial charge on any atom is 0.250 e. The van der Waals surface area contributed by atoms with Crippen molar-refractivity contribution in [3.8, 4) is 0 Å². The molecular weight excluding hydrogens is 268 g/mol. The average molecular weight is 284 g/mol. The Labute approximate surface area is 121 Å². The zero-order chi connectivity index (χ0) is 15.6. The fourth-order valence-corrected chi connectivity index (χ4v) is 2.09. The van der Waals surface area contributed by atoms with Crippen LogP contribution < -0.4 is 22.9 Å². The highest BCUT2D eigenvalue weighted by Crippen LogP contribution is 2.19. The van der Waals surface area contributed by atoms with Gasteiger partial charge in [0.25, 0.3) is 11.8 Å². The Hall–Kier alpha value is -3.02. The van der Waals surface area contributed by atoms with Gasteiger partial charge in [-0.1, -0.05) is 12.1 Å². The maximum absolute atomic E-state index is 11.3. The first-order chi connectivity index (χ1) is 9.88. The van der Waals surface area contributed by atoms with E-state index in [0.29, 0.717) is 17.8 Å². The molecule has 2 amide bonds. The van der Waals surface area contributed by atoms with E-state index in [0.717, 1.165) is 11.1 Å². The highest BCUT2D eigenvalue weighted by Gasteiger charge is 2.10. The van der Waals surface area contributed by atoms with E-state index in [2.05, 4.69) is 0 Å². The highest BCUT2D eigenvalue weighted by molar-refractivity contribution is 5.98. The van der Waals surface area contributed by atoms with Gasteiger partial charge in [-0.25, -0.2) is 0 Å². The molecule has 0 heterocycles. The first-order valence-electron chi connectivity index (χ1n) is 6.25. The molecule has 21 heavy (non-hydrogen) atoms. The van der Waals surface area contributed by atoms with Gasteiger partial charge in [0.05, 0.1) is 11.1 Å². The number of anilines is 2. The number of carbonyl (C=O) groups is 2. The molecule has 0 fully saturated rings. The van der Waals surface area contributed by atoms with Gasteiger partial charge in [-0.2, -0.15) is 0 Å². The van der Waals surface area contributed by atoms with E-state index in [-0.39, 0.29) is 11.1 Å². The predicted molar refractivity (Wildman–Crippen MR) is 81.6 cm³/mol. The third kappa shape index (κ3) is 3.11. The number of primary amides is 2. The topological polar surface area (TPSA) is 138 Å². The lowest BCUT2D eigenvalue weighted by molar-refractivity contribution is 0.0992. The largest absolute Gasteiger partial charge is 0.398 e. The van der Waals surface area contributed by atoms with Crippen LogP contribution in [0.25, 0.3) is 0 Å². The van der Waals surface area contributed by atoms with E-state index >= 15 is 0 Å². The van der Waals surface area contributed by atoms with Crippen molar-refractivity contribution in [2.75, 3.05) is 11.5 Å². The van der Waals surface area contributed by atoms with Crippen molar-refractivity contribution in [1.29, 1.82) is 0 Å². The normalized spacial score (nSPS) is 10.3. The average Bonchev–Trinajstić information content (AvgIpc) is 2.42. The summed E-state index contributed by atoms with van der Waals surface area (Å²) in [7, 11) is 0. The molecule has 6 nitrogen and oxygen atoms in total. The molecule has 0 aliphatic carbocycles. The number of carbonyl (C=O) groups excluding carboxylic acids is 2. The van der Waals surface area contributed by atoms with E-state index in [1.165, 1.54) is 0 Å². The van der Waals surface area contributed by atoms with Crippen LogP contribution in [0.5, 0.6) is 0 Å². The van der Waals surface area contributed by atoms with Crippen molar-refractivity contribution in [3.63, 3.8) is 0 Å². The molecule has 0 unspecified atom stereocenters. The van der Waals surface area contributed by atoms with Gasteiger partial charge in [-0.15, -0.1) is 0 Å². The lowest BCUT2D eigenvalue weighted by Gasteiger charge is -2.08. The quantitative estimate of drug-likeness (QED) is 0.612.